The predicted molar refractivity (Wildman–Crippen MR) is 177 cm³/mol. The van der Waals surface area contributed by atoms with Gasteiger partial charge in [-0.25, -0.2) is 9.78 Å². The Bertz CT molecular complexity index is 2030. The molecular formula is C35H36N2O9S. The third kappa shape index (κ3) is 7.74. The average molecular weight is 661 g/mol. The molecule has 1 aliphatic rings. The fourth-order valence-electron chi connectivity index (χ4n) is 5.53. The molecule has 11 nitrogen and oxygen atoms in total. The third-order valence-corrected chi connectivity index (χ3v) is 9.22. The third-order valence-electron chi connectivity index (χ3n) is 7.94. The van der Waals surface area contributed by atoms with E-state index in [1.165, 1.54) is 6.07 Å². The van der Waals surface area contributed by atoms with Crippen LogP contribution in [0, 0.1) is 5.92 Å². The molecule has 1 unspecified atom stereocenters. The topological polar surface area (TPSA) is 146 Å². The van der Waals surface area contributed by atoms with Crippen LogP contribution in [0.4, 0.5) is 5.69 Å². The van der Waals surface area contributed by atoms with Crippen molar-refractivity contribution in [3.63, 3.8) is 0 Å². The van der Waals surface area contributed by atoms with Gasteiger partial charge in [0.05, 0.1) is 49.5 Å². The van der Waals surface area contributed by atoms with Gasteiger partial charge in [-0.1, -0.05) is 30.3 Å². The van der Waals surface area contributed by atoms with Crippen LogP contribution in [-0.4, -0.2) is 65.3 Å². The summed E-state index contributed by atoms with van der Waals surface area (Å²) in [6.07, 6.45) is 1.71. The number of benzene rings is 3. The van der Waals surface area contributed by atoms with Crippen molar-refractivity contribution in [2.24, 2.45) is 5.92 Å². The molecule has 1 aliphatic carbocycles. The first kappa shape index (κ1) is 32.5. The summed E-state index contributed by atoms with van der Waals surface area (Å²) in [5.41, 5.74) is 1.25. The highest BCUT2D eigenvalue weighted by molar-refractivity contribution is 7.92. The monoisotopic (exact) mass is 660 g/mol. The van der Waals surface area contributed by atoms with Crippen LogP contribution in [0.15, 0.2) is 93.1 Å². The van der Waals surface area contributed by atoms with Gasteiger partial charge in [-0.05, 0) is 66.8 Å². The van der Waals surface area contributed by atoms with Crippen molar-refractivity contribution in [2.45, 2.75) is 23.8 Å². The lowest BCUT2D eigenvalue weighted by Gasteiger charge is -2.19. The molecule has 246 valence electrons. The van der Waals surface area contributed by atoms with Crippen molar-refractivity contribution in [1.82, 2.24) is 4.98 Å². The summed E-state index contributed by atoms with van der Waals surface area (Å²) in [6.45, 7) is 2.54. The summed E-state index contributed by atoms with van der Waals surface area (Å²) >= 11 is 0. The second kappa shape index (κ2) is 14.5. The zero-order valence-electron chi connectivity index (χ0n) is 25.9. The maximum atomic E-state index is 13.4. The molecule has 3 aromatic carbocycles. The molecule has 12 heteroatoms. The molecule has 0 amide bonds. The SMILES string of the molecule is COCCOCCOCCOc1ccc2c(O)c(C(c3cccc(NS(=O)(=O)c4ccc5ccccc5n4)c3)C3CC3)c(=O)oc2c1. The van der Waals surface area contributed by atoms with Crippen molar-refractivity contribution in [3.8, 4) is 11.5 Å². The minimum atomic E-state index is -4.00. The standard InChI is InChI=1S/C35H36N2O9S/c1-42-15-16-43-17-18-44-19-20-45-27-12-13-28-30(22-27)46-35(39)33(34(28)38)32(24-9-10-24)25-6-4-7-26(21-25)37-47(40,41)31-14-11-23-5-2-3-8-29(23)36-31/h2-8,11-14,21-22,24,32,37-38H,9-10,15-20H2,1H3. The number of fused-ring (bicyclic) bond motifs is 2. The smallest absolute Gasteiger partial charge is 0.343 e. The fraction of sp³-hybridized carbons (Fsp3) is 0.314. The van der Waals surface area contributed by atoms with Crippen LogP contribution >= 0.6 is 0 Å². The Morgan fingerprint density at radius 2 is 1.68 bits per heavy atom. The van der Waals surface area contributed by atoms with E-state index in [4.69, 9.17) is 23.4 Å². The number of anilines is 1. The Morgan fingerprint density at radius 1 is 0.915 bits per heavy atom. The number of hydrogen-bond donors (Lipinski definition) is 2. The molecule has 0 spiro atoms. The number of sulfonamides is 1. The van der Waals surface area contributed by atoms with Crippen LogP contribution in [0.2, 0.25) is 0 Å². The number of aromatic nitrogens is 1. The number of aromatic hydroxyl groups is 1. The largest absolute Gasteiger partial charge is 0.507 e. The average Bonchev–Trinajstić information content (AvgIpc) is 3.91. The van der Waals surface area contributed by atoms with E-state index in [9.17, 15) is 18.3 Å². The van der Waals surface area contributed by atoms with Crippen molar-refractivity contribution in [3.05, 3.63) is 100 Å². The number of para-hydroxylation sites is 1. The number of nitrogens with zero attached hydrogens (tertiary/aromatic N) is 1. The van der Waals surface area contributed by atoms with Crippen molar-refractivity contribution in [1.29, 1.82) is 0 Å². The maximum Gasteiger partial charge on any atom is 0.343 e. The van der Waals surface area contributed by atoms with E-state index in [0.29, 0.717) is 60.9 Å². The molecule has 0 radical (unpaired) electrons. The molecule has 1 saturated carbocycles. The van der Waals surface area contributed by atoms with Crippen LogP contribution < -0.4 is 15.1 Å². The number of rotatable bonds is 16. The first-order chi connectivity index (χ1) is 22.8. The van der Waals surface area contributed by atoms with Crippen molar-refractivity contribution >= 4 is 37.6 Å². The Balaban J connectivity index is 1.18. The number of ether oxygens (including phenoxy) is 4. The van der Waals surface area contributed by atoms with Crippen molar-refractivity contribution < 1.29 is 36.9 Å². The molecule has 47 heavy (non-hydrogen) atoms. The minimum Gasteiger partial charge on any atom is -0.507 e. The molecule has 2 N–H and O–H groups in total. The van der Waals surface area contributed by atoms with Crippen molar-refractivity contribution in [2.75, 3.05) is 51.5 Å². The van der Waals surface area contributed by atoms with Crippen LogP contribution in [0.25, 0.3) is 21.9 Å². The molecular weight excluding hydrogens is 624 g/mol. The lowest BCUT2D eigenvalue weighted by atomic mass is 9.86. The first-order valence-corrected chi connectivity index (χ1v) is 16.9. The van der Waals surface area contributed by atoms with Gasteiger partial charge in [-0.3, -0.25) is 4.72 Å². The van der Waals surface area contributed by atoms with E-state index >= 15 is 0 Å². The van der Waals surface area contributed by atoms with Crippen LogP contribution in [0.3, 0.4) is 0 Å². The summed E-state index contributed by atoms with van der Waals surface area (Å²) in [5.74, 6) is -0.107. The summed E-state index contributed by atoms with van der Waals surface area (Å²) in [7, 11) is -2.39. The van der Waals surface area contributed by atoms with E-state index in [2.05, 4.69) is 9.71 Å². The summed E-state index contributed by atoms with van der Waals surface area (Å²) in [5, 5.41) is 12.5. The van der Waals surface area contributed by atoms with E-state index in [1.807, 2.05) is 18.2 Å². The van der Waals surface area contributed by atoms with Crippen LogP contribution in [0.1, 0.15) is 29.9 Å². The molecule has 0 saturated heterocycles. The van der Waals surface area contributed by atoms with Gasteiger partial charge >= 0.3 is 5.63 Å². The highest BCUT2D eigenvalue weighted by Gasteiger charge is 2.38. The van der Waals surface area contributed by atoms with Gasteiger partial charge in [-0.15, -0.1) is 0 Å². The number of hydrogen-bond acceptors (Lipinski definition) is 10. The van der Waals surface area contributed by atoms with Gasteiger partial charge in [0.1, 0.15) is 23.7 Å². The zero-order valence-corrected chi connectivity index (χ0v) is 26.7. The fourth-order valence-corrected chi connectivity index (χ4v) is 6.54. The molecule has 2 aromatic heterocycles. The van der Waals surface area contributed by atoms with Gasteiger partial charge in [0, 0.05) is 30.2 Å². The lowest BCUT2D eigenvalue weighted by Crippen LogP contribution is -2.17. The molecule has 6 rings (SSSR count). The Labute approximate surface area is 272 Å². The van der Waals surface area contributed by atoms with Gasteiger partial charge in [0.2, 0.25) is 0 Å². The van der Waals surface area contributed by atoms with Gasteiger partial charge in [0.15, 0.2) is 5.03 Å². The Kier molecular flexibility index (Phi) is 10.0. The highest BCUT2D eigenvalue weighted by Crippen LogP contribution is 2.49. The minimum absolute atomic E-state index is 0.0863. The van der Waals surface area contributed by atoms with E-state index in [-0.39, 0.29) is 34.4 Å². The Morgan fingerprint density at radius 3 is 2.47 bits per heavy atom. The summed E-state index contributed by atoms with van der Waals surface area (Å²) < 4.78 is 56.4. The summed E-state index contributed by atoms with van der Waals surface area (Å²) in [4.78, 5) is 17.7. The number of pyridine rings is 1. The van der Waals surface area contributed by atoms with E-state index < -0.39 is 21.6 Å². The lowest BCUT2D eigenvalue weighted by molar-refractivity contribution is 0.0180. The maximum absolute atomic E-state index is 13.4. The number of methoxy groups -OCH3 is 1. The second-order valence-corrected chi connectivity index (χ2v) is 12.9. The number of nitrogens with one attached hydrogen (secondary N) is 1. The van der Waals surface area contributed by atoms with Crippen LogP contribution in [0.5, 0.6) is 11.5 Å². The molecule has 2 heterocycles. The second-order valence-electron chi connectivity index (χ2n) is 11.3. The van der Waals surface area contributed by atoms with Crippen LogP contribution in [-0.2, 0) is 24.2 Å². The quantitative estimate of drug-likeness (QED) is 0.104. The van der Waals surface area contributed by atoms with Gasteiger partial charge < -0.3 is 28.5 Å². The summed E-state index contributed by atoms with van der Waals surface area (Å²) in [6, 6.07) is 22.2. The molecule has 1 atom stereocenters. The van der Waals surface area contributed by atoms with E-state index in [1.54, 1.807) is 61.7 Å². The first-order valence-electron chi connectivity index (χ1n) is 15.4. The molecule has 0 bridgehead atoms. The molecule has 1 fully saturated rings. The molecule has 5 aromatic rings. The normalized spacial score (nSPS) is 14.0. The molecule has 0 aliphatic heterocycles. The zero-order chi connectivity index (χ0) is 32.8. The van der Waals surface area contributed by atoms with Gasteiger partial charge in [0.25, 0.3) is 10.0 Å². The highest BCUT2D eigenvalue weighted by atomic mass is 32.2. The Hall–Kier alpha value is -4.49. The predicted octanol–water partition coefficient (Wildman–Crippen LogP) is 5.45. The van der Waals surface area contributed by atoms with E-state index in [0.717, 1.165) is 18.2 Å². The van der Waals surface area contributed by atoms with Gasteiger partial charge in [-0.2, -0.15) is 8.42 Å².